The van der Waals surface area contributed by atoms with Gasteiger partial charge in [-0.3, -0.25) is 0 Å². The predicted molar refractivity (Wildman–Crippen MR) is 42.6 cm³/mol. The van der Waals surface area contributed by atoms with Crippen molar-refractivity contribution in [3.8, 4) is 11.8 Å². The van der Waals surface area contributed by atoms with Crippen molar-refractivity contribution in [1.82, 2.24) is 4.90 Å². The third-order valence-corrected chi connectivity index (χ3v) is 1.67. The third-order valence-electron chi connectivity index (χ3n) is 1.67. The fraction of sp³-hybridized carbons (Fsp3) is 0.250. The van der Waals surface area contributed by atoms with Gasteiger partial charge in [-0.15, -0.1) is 0 Å². The molecule has 0 bridgehead atoms. The summed E-state index contributed by atoms with van der Waals surface area (Å²) in [4.78, 5) is 22.9. The van der Waals surface area contributed by atoms with Crippen LogP contribution in [0.5, 0.6) is 0 Å². The van der Waals surface area contributed by atoms with Crippen LogP contribution in [0.4, 0.5) is 9.59 Å². The normalized spacial score (nSPS) is 20.0. The van der Waals surface area contributed by atoms with Gasteiger partial charge in [-0.1, -0.05) is 22.2 Å². The van der Waals surface area contributed by atoms with Crippen LogP contribution < -0.4 is 0 Å². The molecule has 2 rings (SSSR count). The number of nitrogens with zero attached hydrogens (tertiary/aromatic N) is 3. The highest BCUT2D eigenvalue weighted by atomic mass is 16.2. The van der Waals surface area contributed by atoms with E-state index in [1.54, 1.807) is 6.08 Å². The number of allylic oxidation sites excluding steroid dienone is 2. The van der Waals surface area contributed by atoms with Crippen molar-refractivity contribution in [1.29, 1.82) is 0 Å². The van der Waals surface area contributed by atoms with E-state index in [-0.39, 0.29) is 0 Å². The van der Waals surface area contributed by atoms with E-state index in [1.807, 2.05) is 0 Å². The van der Waals surface area contributed by atoms with Crippen molar-refractivity contribution in [2.45, 2.75) is 12.8 Å². The highest BCUT2D eigenvalue weighted by molar-refractivity contribution is 6.01. The van der Waals surface area contributed by atoms with Gasteiger partial charge in [0, 0.05) is 6.42 Å². The lowest BCUT2D eigenvalue weighted by atomic mass is 10.2. The maximum absolute atomic E-state index is 11.0. The van der Waals surface area contributed by atoms with E-state index in [1.165, 1.54) is 0 Å². The second-order valence-corrected chi connectivity index (χ2v) is 2.53. The van der Waals surface area contributed by atoms with Crippen LogP contribution in [0.2, 0.25) is 0 Å². The van der Waals surface area contributed by atoms with Crippen molar-refractivity contribution in [3.05, 3.63) is 11.8 Å². The minimum atomic E-state index is -0.660. The Kier molecular flexibility index (Phi) is 1.67. The molecule has 2 aliphatic rings. The van der Waals surface area contributed by atoms with Gasteiger partial charge in [-0.05, 0) is 12.3 Å². The van der Waals surface area contributed by atoms with Crippen molar-refractivity contribution in [2.75, 3.05) is 0 Å². The summed E-state index contributed by atoms with van der Waals surface area (Å²) in [6.45, 7) is 0. The van der Waals surface area contributed by atoms with Gasteiger partial charge in [0.2, 0.25) is 0 Å². The van der Waals surface area contributed by atoms with Crippen molar-refractivity contribution in [3.63, 3.8) is 0 Å². The Bertz CT molecular complexity index is 379. The number of rotatable bonds is 1. The fourth-order valence-corrected chi connectivity index (χ4v) is 1.10. The summed E-state index contributed by atoms with van der Waals surface area (Å²) < 4.78 is 0. The molecule has 0 aromatic carbocycles. The van der Waals surface area contributed by atoms with Gasteiger partial charge < -0.3 is 0 Å². The number of hydrogen-bond donors (Lipinski definition) is 0. The minimum absolute atomic E-state index is 0.395. The number of imide groups is 1. The molecule has 0 saturated carbocycles. The van der Waals surface area contributed by atoms with Gasteiger partial charge in [0.15, 0.2) is 0 Å². The molecular formula is C8H5N3O2. The first-order valence-corrected chi connectivity index (χ1v) is 3.78. The lowest BCUT2D eigenvalue weighted by Gasteiger charge is -2.10. The van der Waals surface area contributed by atoms with Crippen LogP contribution >= 0.6 is 0 Å². The number of hydrogen-bond acceptors (Lipinski definition) is 2. The van der Waals surface area contributed by atoms with E-state index in [0.717, 1.165) is 17.7 Å². The van der Waals surface area contributed by atoms with E-state index in [0.29, 0.717) is 5.70 Å². The van der Waals surface area contributed by atoms with Crippen LogP contribution in [0, 0.1) is 11.8 Å². The molecule has 0 atom stereocenters. The zero-order valence-electron chi connectivity index (χ0n) is 6.65. The molecule has 0 radical (unpaired) electrons. The van der Waals surface area contributed by atoms with Crippen molar-refractivity contribution in [2.24, 2.45) is 10.2 Å². The van der Waals surface area contributed by atoms with E-state index in [2.05, 4.69) is 22.1 Å². The standard InChI is InChI=1S/C8H5N3O2/c12-7-9-10-8(13)11(7)6-4-2-1-3-5-6/h4H,1-2H2. The van der Waals surface area contributed by atoms with Crippen LogP contribution in [-0.2, 0) is 0 Å². The molecular weight excluding hydrogens is 170 g/mol. The average molecular weight is 175 g/mol. The summed E-state index contributed by atoms with van der Waals surface area (Å²) in [5.74, 6) is 5.50. The van der Waals surface area contributed by atoms with E-state index in [9.17, 15) is 9.59 Å². The monoisotopic (exact) mass is 175 g/mol. The van der Waals surface area contributed by atoms with Crippen LogP contribution in [0.25, 0.3) is 0 Å². The lowest BCUT2D eigenvalue weighted by Crippen LogP contribution is -2.27. The summed E-state index contributed by atoms with van der Waals surface area (Å²) in [6, 6.07) is -1.32. The number of carbonyl (C=O) groups is 2. The number of urea groups is 2. The van der Waals surface area contributed by atoms with Crippen molar-refractivity contribution >= 4 is 12.1 Å². The molecule has 0 spiro atoms. The maximum Gasteiger partial charge on any atom is 0.375 e. The molecule has 1 heterocycles. The van der Waals surface area contributed by atoms with Crippen LogP contribution in [0.1, 0.15) is 12.8 Å². The second-order valence-electron chi connectivity index (χ2n) is 2.53. The molecule has 5 nitrogen and oxygen atoms in total. The molecule has 0 unspecified atom stereocenters. The summed E-state index contributed by atoms with van der Waals surface area (Å²) >= 11 is 0. The lowest BCUT2D eigenvalue weighted by molar-refractivity contribution is 0.216. The van der Waals surface area contributed by atoms with Gasteiger partial charge >= 0.3 is 12.1 Å². The average Bonchev–Trinajstić information content (AvgIpc) is 2.48. The van der Waals surface area contributed by atoms with Crippen LogP contribution in [-0.4, -0.2) is 17.0 Å². The Hall–Kier alpha value is -1.96. The van der Waals surface area contributed by atoms with E-state index in [4.69, 9.17) is 0 Å². The first-order valence-electron chi connectivity index (χ1n) is 3.78. The van der Waals surface area contributed by atoms with Crippen LogP contribution in [0.3, 0.4) is 0 Å². The second kappa shape index (κ2) is 2.83. The predicted octanol–water partition coefficient (Wildman–Crippen LogP) is 1.68. The van der Waals surface area contributed by atoms with E-state index >= 15 is 0 Å². The number of carbonyl (C=O) groups excluding carboxylic acids is 2. The van der Waals surface area contributed by atoms with Gasteiger partial charge in [-0.25, -0.2) is 9.59 Å². The SMILES string of the molecule is O=C1N=NC(=O)N1C1=CCCC#C1. The van der Waals surface area contributed by atoms with Gasteiger partial charge in [-0.2, -0.15) is 4.90 Å². The maximum atomic E-state index is 11.0. The topological polar surface area (TPSA) is 62.1 Å². The Morgan fingerprint density at radius 1 is 1.31 bits per heavy atom. The van der Waals surface area contributed by atoms with Crippen LogP contribution in [0.15, 0.2) is 22.0 Å². The molecule has 1 aliphatic carbocycles. The summed E-state index contributed by atoms with van der Waals surface area (Å²) in [5.41, 5.74) is 0.395. The summed E-state index contributed by atoms with van der Waals surface area (Å²) in [6.07, 6.45) is 3.25. The molecule has 0 saturated heterocycles. The van der Waals surface area contributed by atoms with Gasteiger partial charge in [0.05, 0.1) is 0 Å². The number of azo groups is 1. The summed E-state index contributed by atoms with van der Waals surface area (Å²) in [7, 11) is 0. The molecule has 13 heavy (non-hydrogen) atoms. The summed E-state index contributed by atoms with van der Waals surface area (Å²) in [5, 5.41) is 6.26. The largest absolute Gasteiger partial charge is 0.375 e. The first-order chi connectivity index (χ1) is 6.29. The molecule has 1 aliphatic heterocycles. The number of amides is 4. The molecule has 0 fully saturated rings. The zero-order valence-corrected chi connectivity index (χ0v) is 6.65. The highest BCUT2D eigenvalue weighted by Crippen LogP contribution is 2.16. The molecule has 4 amide bonds. The molecule has 0 aromatic rings. The Morgan fingerprint density at radius 3 is 2.54 bits per heavy atom. The Labute approximate surface area is 74.1 Å². The Balaban J connectivity index is 2.30. The molecule has 0 N–H and O–H groups in total. The van der Waals surface area contributed by atoms with Gasteiger partial charge in [0.25, 0.3) is 0 Å². The first kappa shape index (κ1) is 7.68. The quantitative estimate of drug-likeness (QED) is 0.569. The molecule has 5 heteroatoms. The van der Waals surface area contributed by atoms with Crippen molar-refractivity contribution < 1.29 is 9.59 Å². The highest BCUT2D eigenvalue weighted by Gasteiger charge is 2.30. The fourth-order valence-electron chi connectivity index (χ4n) is 1.10. The Morgan fingerprint density at radius 2 is 2.00 bits per heavy atom. The van der Waals surface area contributed by atoms with Gasteiger partial charge in [0.1, 0.15) is 5.70 Å². The smallest absolute Gasteiger partial charge is 0.243 e. The molecule has 64 valence electrons. The third kappa shape index (κ3) is 1.22. The minimum Gasteiger partial charge on any atom is -0.243 e. The van der Waals surface area contributed by atoms with E-state index < -0.39 is 12.1 Å². The molecule has 0 aromatic heterocycles. The zero-order chi connectivity index (χ0) is 9.26.